The van der Waals surface area contributed by atoms with Crippen molar-refractivity contribution < 1.29 is 23.8 Å². The van der Waals surface area contributed by atoms with Crippen molar-refractivity contribution in [2.45, 2.75) is 6.92 Å². The molecule has 2 amide bonds. The summed E-state index contributed by atoms with van der Waals surface area (Å²) in [5.74, 6) is 0.807. The van der Waals surface area contributed by atoms with Gasteiger partial charge in [0.2, 0.25) is 0 Å². The van der Waals surface area contributed by atoms with Crippen molar-refractivity contribution in [1.82, 2.24) is 0 Å². The van der Waals surface area contributed by atoms with Crippen LogP contribution in [0.2, 0.25) is 0 Å². The third kappa shape index (κ3) is 5.76. The Hall–Kier alpha value is -4.00. The van der Waals surface area contributed by atoms with Crippen LogP contribution < -0.4 is 24.8 Å². The average molecular weight is 420 g/mol. The van der Waals surface area contributed by atoms with Gasteiger partial charge in [-0.25, -0.2) is 0 Å². The molecular formula is C24H24N2O5. The van der Waals surface area contributed by atoms with Crippen molar-refractivity contribution >= 4 is 23.2 Å². The zero-order valence-corrected chi connectivity index (χ0v) is 17.4. The van der Waals surface area contributed by atoms with Gasteiger partial charge in [-0.1, -0.05) is 36.4 Å². The lowest BCUT2D eigenvalue weighted by molar-refractivity contribution is -0.118. The van der Waals surface area contributed by atoms with Crippen LogP contribution in [-0.2, 0) is 4.79 Å². The normalized spacial score (nSPS) is 10.1. The van der Waals surface area contributed by atoms with Gasteiger partial charge in [-0.05, 0) is 43.3 Å². The number of benzene rings is 3. The first-order chi connectivity index (χ1) is 15.1. The molecule has 2 N–H and O–H groups in total. The summed E-state index contributed by atoms with van der Waals surface area (Å²) in [6, 6.07) is 21.0. The van der Waals surface area contributed by atoms with E-state index in [0.29, 0.717) is 40.8 Å². The lowest BCUT2D eigenvalue weighted by Gasteiger charge is -2.14. The van der Waals surface area contributed by atoms with Gasteiger partial charge in [-0.15, -0.1) is 0 Å². The highest BCUT2D eigenvalue weighted by atomic mass is 16.5. The molecule has 7 heteroatoms. The molecule has 0 aliphatic rings. The standard InChI is InChI=1S/C24H24N2O5/c1-3-30-21-14-8-9-15-22(21)31-16-23(27)25-18-11-5-4-10-17(18)24(28)26-19-12-6-7-13-20(19)29-2/h4-15H,3,16H2,1-2H3,(H,25,27)(H,26,28). The van der Waals surface area contributed by atoms with Crippen LogP contribution in [0.5, 0.6) is 17.2 Å². The molecule has 0 atom stereocenters. The van der Waals surface area contributed by atoms with Gasteiger partial charge >= 0.3 is 0 Å². The summed E-state index contributed by atoms with van der Waals surface area (Å²) in [5.41, 5.74) is 1.23. The van der Waals surface area contributed by atoms with Crippen LogP contribution in [0.1, 0.15) is 17.3 Å². The first-order valence-electron chi connectivity index (χ1n) is 9.80. The predicted octanol–water partition coefficient (Wildman–Crippen LogP) is 4.36. The Bertz CT molecular complexity index is 1050. The Balaban J connectivity index is 1.67. The van der Waals surface area contributed by atoms with Gasteiger partial charge in [0, 0.05) is 0 Å². The Morgan fingerprint density at radius 1 is 0.742 bits per heavy atom. The fraction of sp³-hybridized carbons (Fsp3) is 0.167. The number of carbonyl (C=O) groups is 2. The maximum Gasteiger partial charge on any atom is 0.262 e. The summed E-state index contributed by atoms with van der Waals surface area (Å²) in [4.78, 5) is 25.3. The number of rotatable bonds is 9. The average Bonchev–Trinajstić information content (AvgIpc) is 2.79. The van der Waals surface area contributed by atoms with Crippen LogP contribution in [0.25, 0.3) is 0 Å². The smallest absolute Gasteiger partial charge is 0.262 e. The molecule has 0 aliphatic heterocycles. The van der Waals surface area contributed by atoms with Crippen molar-refractivity contribution in [3.63, 3.8) is 0 Å². The molecule has 31 heavy (non-hydrogen) atoms. The molecule has 0 saturated heterocycles. The Kier molecular flexibility index (Phi) is 7.48. The lowest BCUT2D eigenvalue weighted by Crippen LogP contribution is -2.23. The van der Waals surface area contributed by atoms with Crippen LogP contribution in [0.15, 0.2) is 72.8 Å². The van der Waals surface area contributed by atoms with Crippen molar-refractivity contribution in [2.24, 2.45) is 0 Å². The minimum atomic E-state index is -0.399. The van der Waals surface area contributed by atoms with Crippen molar-refractivity contribution in [1.29, 1.82) is 0 Å². The second-order valence-corrected chi connectivity index (χ2v) is 6.42. The van der Waals surface area contributed by atoms with Gasteiger partial charge in [-0.3, -0.25) is 9.59 Å². The van der Waals surface area contributed by atoms with Crippen LogP contribution in [0, 0.1) is 0 Å². The molecule has 0 unspecified atom stereocenters. The number of hydrogen-bond donors (Lipinski definition) is 2. The molecule has 0 spiro atoms. The molecule has 0 aliphatic carbocycles. The summed E-state index contributed by atoms with van der Waals surface area (Å²) in [6.07, 6.45) is 0. The molecule has 160 valence electrons. The number of methoxy groups -OCH3 is 1. The Labute approximate surface area is 180 Å². The molecule has 3 aromatic rings. The largest absolute Gasteiger partial charge is 0.495 e. The maximum atomic E-state index is 12.8. The maximum absolute atomic E-state index is 12.8. The van der Waals surface area contributed by atoms with E-state index in [1.807, 2.05) is 19.1 Å². The number of nitrogens with one attached hydrogen (secondary N) is 2. The Morgan fingerprint density at radius 3 is 2.00 bits per heavy atom. The molecule has 0 bridgehead atoms. The molecule has 3 aromatic carbocycles. The summed E-state index contributed by atoms with van der Waals surface area (Å²) in [5, 5.41) is 5.54. The first-order valence-corrected chi connectivity index (χ1v) is 9.80. The molecule has 0 radical (unpaired) electrons. The van der Waals surface area contributed by atoms with E-state index in [-0.39, 0.29) is 12.5 Å². The highest BCUT2D eigenvalue weighted by Crippen LogP contribution is 2.27. The van der Waals surface area contributed by atoms with Gasteiger partial charge in [0.05, 0.1) is 30.7 Å². The molecule has 0 heterocycles. The van der Waals surface area contributed by atoms with E-state index in [1.54, 1.807) is 60.7 Å². The number of amides is 2. The van der Waals surface area contributed by atoms with Crippen LogP contribution in [0.4, 0.5) is 11.4 Å². The van der Waals surface area contributed by atoms with E-state index >= 15 is 0 Å². The zero-order chi connectivity index (χ0) is 22.1. The molecular weight excluding hydrogens is 396 g/mol. The summed E-state index contributed by atoms with van der Waals surface area (Å²) < 4.78 is 16.4. The second kappa shape index (κ2) is 10.7. The van der Waals surface area contributed by atoms with E-state index in [0.717, 1.165) is 0 Å². The van der Waals surface area contributed by atoms with Gasteiger partial charge in [0.15, 0.2) is 18.1 Å². The summed E-state index contributed by atoms with van der Waals surface area (Å²) in [7, 11) is 1.53. The lowest BCUT2D eigenvalue weighted by atomic mass is 10.1. The quantitative estimate of drug-likeness (QED) is 0.537. The fourth-order valence-electron chi connectivity index (χ4n) is 2.90. The summed E-state index contributed by atoms with van der Waals surface area (Å²) >= 11 is 0. The first kappa shape index (κ1) is 21.7. The molecule has 0 aromatic heterocycles. The van der Waals surface area contributed by atoms with Crippen molar-refractivity contribution in [3.8, 4) is 17.2 Å². The van der Waals surface area contributed by atoms with Gasteiger partial charge < -0.3 is 24.8 Å². The third-order valence-electron chi connectivity index (χ3n) is 4.31. The molecule has 7 nitrogen and oxygen atoms in total. The topological polar surface area (TPSA) is 85.9 Å². The molecule has 0 saturated carbocycles. The SMILES string of the molecule is CCOc1ccccc1OCC(=O)Nc1ccccc1C(=O)Nc1ccccc1OC. The van der Waals surface area contributed by atoms with Crippen molar-refractivity contribution in [3.05, 3.63) is 78.4 Å². The predicted molar refractivity (Wildman–Crippen MR) is 119 cm³/mol. The minimum absolute atomic E-state index is 0.230. The van der Waals surface area contributed by atoms with E-state index in [2.05, 4.69) is 10.6 Å². The third-order valence-corrected chi connectivity index (χ3v) is 4.31. The minimum Gasteiger partial charge on any atom is -0.495 e. The monoisotopic (exact) mass is 420 g/mol. The zero-order valence-electron chi connectivity index (χ0n) is 17.4. The van der Waals surface area contributed by atoms with E-state index in [9.17, 15) is 9.59 Å². The highest BCUT2D eigenvalue weighted by molar-refractivity contribution is 6.10. The van der Waals surface area contributed by atoms with Crippen LogP contribution >= 0.6 is 0 Å². The van der Waals surface area contributed by atoms with Crippen LogP contribution in [-0.4, -0.2) is 32.1 Å². The van der Waals surface area contributed by atoms with E-state index in [1.165, 1.54) is 7.11 Å². The van der Waals surface area contributed by atoms with E-state index in [4.69, 9.17) is 14.2 Å². The van der Waals surface area contributed by atoms with Gasteiger partial charge in [-0.2, -0.15) is 0 Å². The Morgan fingerprint density at radius 2 is 1.32 bits per heavy atom. The van der Waals surface area contributed by atoms with E-state index < -0.39 is 5.91 Å². The second-order valence-electron chi connectivity index (χ2n) is 6.42. The number of carbonyl (C=O) groups excluding carboxylic acids is 2. The summed E-state index contributed by atoms with van der Waals surface area (Å²) in [6.45, 7) is 2.13. The number of anilines is 2. The number of ether oxygens (including phenoxy) is 3. The number of hydrogen-bond acceptors (Lipinski definition) is 5. The van der Waals surface area contributed by atoms with Crippen LogP contribution in [0.3, 0.4) is 0 Å². The molecule has 3 rings (SSSR count). The fourth-order valence-corrected chi connectivity index (χ4v) is 2.90. The van der Waals surface area contributed by atoms with Gasteiger partial charge in [0.25, 0.3) is 11.8 Å². The highest BCUT2D eigenvalue weighted by Gasteiger charge is 2.15. The van der Waals surface area contributed by atoms with Gasteiger partial charge in [0.1, 0.15) is 5.75 Å². The van der Waals surface area contributed by atoms with Crippen molar-refractivity contribution in [2.75, 3.05) is 31.0 Å². The number of para-hydroxylation sites is 5. The molecule has 0 fully saturated rings.